The topological polar surface area (TPSA) is 108 Å². The Bertz CT molecular complexity index is 884. The van der Waals surface area contributed by atoms with Crippen LogP contribution in [0.25, 0.3) is 10.9 Å². The second-order valence-electron chi connectivity index (χ2n) is 6.19. The minimum absolute atomic E-state index is 0.0678. The maximum atomic E-state index is 12.6. The number of carbonyl (C=O) groups excluding carboxylic acids is 1. The minimum Gasteiger partial charge on any atom is -0.372 e. The molecule has 2 aromatic rings. The number of non-ortho nitro benzene ring substituents is 1. The van der Waals surface area contributed by atoms with Crippen molar-refractivity contribution in [1.82, 2.24) is 14.5 Å². The maximum Gasteiger partial charge on any atom is 0.270 e. The van der Waals surface area contributed by atoms with Gasteiger partial charge in [-0.05, 0) is 19.9 Å². The molecule has 9 heteroatoms. The van der Waals surface area contributed by atoms with Gasteiger partial charge >= 0.3 is 0 Å². The molecule has 1 fully saturated rings. The first-order valence-corrected chi connectivity index (χ1v) is 7.92. The van der Waals surface area contributed by atoms with E-state index in [1.54, 1.807) is 4.90 Å². The summed E-state index contributed by atoms with van der Waals surface area (Å²) in [6.45, 7) is 4.54. The van der Waals surface area contributed by atoms with Gasteiger partial charge in [0.25, 0.3) is 11.2 Å². The van der Waals surface area contributed by atoms with Gasteiger partial charge in [-0.15, -0.1) is 0 Å². The Morgan fingerprint density at radius 3 is 2.68 bits per heavy atom. The summed E-state index contributed by atoms with van der Waals surface area (Å²) in [5.74, 6) is -0.212. The molecule has 2 atom stereocenters. The summed E-state index contributed by atoms with van der Waals surface area (Å²) in [5.41, 5.74) is -0.310. The number of hydrogen-bond acceptors (Lipinski definition) is 6. The van der Waals surface area contributed by atoms with Gasteiger partial charge in [0.05, 0.1) is 34.4 Å². The molecule has 1 aliphatic rings. The normalized spacial score (nSPS) is 20.6. The number of nitro groups is 1. The summed E-state index contributed by atoms with van der Waals surface area (Å²) in [5, 5.41) is 11.0. The third-order valence-electron chi connectivity index (χ3n) is 4.10. The summed E-state index contributed by atoms with van der Waals surface area (Å²) in [6, 6.07) is 3.90. The Morgan fingerprint density at radius 1 is 1.36 bits per heavy atom. The van der Waals surface area contributed by atoms with E-state index in [1.165, 1.54) is 29.1 Å². The Kier molecular flexibility index (Phi) is 4.49. The van der Waals surface area contributed by atoms with Gasteiger partial charge in [-0.1, -0.05) is 0 Å². The van der Waals surface area contributed by atoms with E-state index in [1.807, 2.05) is 13.8 Å². The number of fused-ring (bicyclic) bond motifs is 1. The van der Waals surface area contributed by atoms with Crippen LogP contribution in [0.4, 0.5) is 5.69 Å². The molecular weight excluding hydrogens is 328 g/mol. The Labute approximate surface area is 143 Å². The predicted octanol–water partition coefficient (Wildman–Crippen LogP) is 0.940. The number of aromatic nitrogens is 2. The Balaban J connectivity index is 1.88. The molecule has 1 aromatic heterocycles. The van der Waals surface area contributed by atoms with Crippen LogP contribution >= 0.6 is 0 Å². The van der Waals surface area contributed by atoms with E-state index in [-0.39, 0.29) is 35.7 Å². The van der Waals surface area contributed by atoms with Crippen molar-refractivity contribution in [3.05, 3.63) is 45.0 Å². The van der Waals surface area contributed by atoms with Crippen molar-refractivity contribution in [2.45, 2.75) is 32.6 Å². The fraction of sp³-hybridized carbons (Fsp3) is 0.438. The van der Waals surface area contributed by atoms with Crippen LogP contribution in [-0.2, 0) is 16.1 Å². The van der Waals surface area contributed by atoms with Crippen LogP contribution < -0.4 is 5.56 Å². The maximum absolute atomic E-state index is 12.6. The average Bonchev–Trinajstić information content (AvgIpc) is 2.56. The molecule has 0 saturated carbocycles. The van der Waals surface area contributed by atoms with Crippen LogP contribution in [0.2, 0.25) is 0 Å². The van der Waals surface area contributed by atoms with Gasteiger partial charge in [0.15, 0.2) is 0 Å². The predicted molar refractivity (Wildman–Crippen MR) is 89.2 cm³/mol. The van der Waals surface area contributed by atoms with Crippen molar-refractivity contribution in [3.8, 4) is 0 Å². The first-order chi connectivity index (χ1) is 11.8. The zero-order chi connectivity index (χ0) is 18.1. The molecule has 1 saturated heterocycles. The fourth-order valence-electron chi connectivity index (χ4n) is 3.00. The highest BCUT2D eigenvalue weighted by molar-refractivity contribution is 5.81. The lowest BCUT2D eigenvalue weighted by molar-refractivity contribution is -0.384. The SMILES string of the molecule is CC1CN(C(=O)Cn2cnc3ccc([N+](=O)[O-])cc3c2=O)CC(C)O1. The van der Waals surface area contributed by atoms with Gasteiger partial charge in [0.1, 0.15) is 6.54 Å². The van der Waals surface area contributed by atoms with Gasteiger partial charge in [-0.25, -0.2) is 4.98 Å². The standard InChI is InChI=1S/C16H18N4O5/c1-10-6-18(7-11(2)25-10)15(21)8-19-9-17-14-4-3-12(20(23)24)5-13(14)16(19)22/h3-5,9-11H,6-8H2,1-2H3. The first kappa shape index (κ1) is 17.0. The quantitative estimate of drug-likeness (QED) is 0.604. The molecule has 2 unspecified atom stereocenters. The number of hydrogen-bond donors (Lipinski definition) is 0. The zero-order valence-corrected chi connectivity index (χ0v) is 13.9. The lowest BCUT2D eigenvalue weighted by Crippen LogP contribution is -2.49. The molecule has 1 amide bonds. The zero-order valence-electron chi connectivity index (χ0n) is 13.9. The van der Waals surface area contributed by atoms with E-state index in [2.05, 4.69) is 4.98 Å². The van der Waals surface area contributed by atoms with Gasteiger partial charge in [-0.3, -0.25) is 24.3 Å². The van der Waals surface area contributed by atoms with E-state index >= 15 is 0 Å². The molecule has 0 bridgehead atoms. The van der Waals surface area contributed by atoms with Crippen molar-refractivity contribution >= 4 is 22.5 Å². The minimum atomic E-state index is -0.572. The van der Waals surface area contributed by atoms with Crippen LogP contribution in [-0.4, -0.2) is 50.6 Å². The number of nitrogens with zero attached hydrogens (tertiary/aromatic N) is 4. The second kappa shape index (κ2) is 6.60. The lowest BCUT2D eigenvalue weighted by Gasteiger charge is -2.35. The third kappa shape index (κ3) is 3.50. The molecule has 1 aliphatic heterocycles. The van der Waals surface area contributed by atoms with Crippen molar-refractivity contribution in [2.24, 2.45) is 0 Å². The van der Waals surface area contributed by atoms with E-state index in [0.717, 1.165) is 0 Å². The van der Waals surface area contributed by atoms with Gasteiger partial charge < -0.3 is 9.64 Å². The van der Waals surface area contributed by atoms with E-state index in [9.17, 15) is 19.7 Å². The monoisotopic (exact) mass is 346 g/mol. The summed E-state index contributed by atoms with van der Waals surface area (Å²) >= 11 is 0. The molecular formula is C16H18N4O5. The van der Waals surface area contributed by atoms with Crippen LogP contribution in [0.3, 0.4) is 0 Å². The summed E-state index contributed by atoms with van der Waals surface area (Å²) in [7, 11) is 0. The number of benzene rings is 1. The average molecular weight is 346 g/mol. The summed E-state index contributed by atoms with van der Waals surface area (Å²) in [4.78, 5) is 41.1. The van der Waals surface area contributed by atoms with Crippen molar-refractivity contribution in [1.29, 1.82) is 0 Å². The number of morpholine rings is 1. The molecule has 1 aromatic carbocycles. The molecule has 0 N–H and O–H groups in total. The summed E-state index contributed by atoms with van der Waals surface area (Å²) < 4.78 is 6.77. The van der Waals surface area contributed by atoms with Crippen molar-refractivity contribution in [2.75, 3.05) is 13.1 Å². The molecule has 25 heavy (non-hydrogen) atoms. The van der Waals surface area contributed by atoms with Gasteiger partial charge in [-0.2, -0.15) is 0 Å². The number of amides is 1. The highest BCUT2D eigenvalue weighted by Crippen LogP contribution is 2.16. The number of ether oxygens (including phenoxy) is 1. The van der Waals surface area contributed by atoms with Crippen LogP contribution in [0, 0.1) is 10.1 Å². The molecule has 3 rings (SSSR count). The van der Waals surface area contributed by atoms with Crippen molar-refractivity contribution < 1.29 is 14.5 Å². The lowest BCUT2D eigenvalue weighted by atomic mass is 10.2. The van der Waals surface area contributed by atoms with Gasteiger partial charge in [0, 0.05) is 25.2 Å². The first-order valence-electron chi connectivity index (χ1n) is 7.92. The number of nitro benzene ring substituents is 1. The Morgan fingerprint density at radius 2 is 2.04 bits per heavy atom. The molecule has 0 radical (unpaired) electrons. The third-order valence-corrected chi connectivity index (χ3v) is 4.10. The fourth-order valence-corrected chi connectivity index (χ4v) is 3.00. The smallest absolute Gasteiger partial charge is 0.270 e. The second-order valence-corrected chi connectivity index (χ2v) is 6.19. The van der Waals surface area contributed by atoms with E-state index < -0.39 is 10.5 Å². The van der Waals surface area contributed by atoms with Crippen LogP contribution in [0.15, 0.2) is 29.3 Å². The molecule has 9 nitrogen and oxygen atoms in total. The number of rotatable bonds is 3. The highest BCUT2D eigenvalue weighted by Gasteiger charge is 2.26. The van der Waals surface area contributed by atoms with Crippen molar-refractivity contribution in [3.63, 3.8) is 0 Å². The van der Waals surface area contributed by atoms with Crippen LogP contribution in [0.5, 0.6) is 0 Å². The van der Waals surface area contributed by atoms with Crippen LogP contribution in [0.1, 0.15) is 13.8 Å². The van der Waals surface area contributed by atoms with Gasteiger partial charge in [0.2, 0.25) is 5.91 Å². The summed E-state index contributed by atoms with van der Waals surface area (Å²) in [6.07, 6.45) is 1.16. The number of carbonyl (C=O) groups is 1. The molecule has 2 heterocycles. The Hall–Kier alpha value is -2.81. The largest absolute Gasteiger partial charge is 0.372 e. The highest BCUT2D eigenvalue weighted by atomic mass is 16.6. The van der Waals surface area contributed by atoms with E-state index in [4.69, 9.17) is 4.74 Å². The molecule has 0 spiro atoms. The molecule has 132 valence electrons. The molecule has 0 aliphatic carbocycles. The van der Waals surface area contributed by atoms with E-state index in [0.29, 0.717) is 18.6 Å².